The molecule has 0 aliphatic heterocycles. The van der Waals surface area contributed by atoms with Crippen molar-refractivity contribution in [1.29, 1.82) is 0 Å². The number of nitrogens with one attached hydrogen (secondary N) is 1. The number of halogens is 1. The van der Waals surface area contributed by atoms with Crippen LogP contribution < -0.4 is 11.1 Å². The Kier molecular flexibility index (Phi) is 4.03. The molecule has 0 atom stereocenters. The summed E-state index contributed by atoms with van der Waals surface area (Å²) in [5.74, 6) is -0.387. The Balaban J connectivity index is 1.84. The molecule has 3 aromatic rings. The van der Waals surface area contributed by atoms with Gasteiger partial charge in [0.1, 0.15) is 16.5 Å². The normalized spacial score (nSPS) is 10.5. The van der Waals surface area contributed by atoms with Gasteiger partial charge in [-0.1, -0.05) is 11.3 Å². The van der Waals surface area contributed by atoms with Crippen molar-refractivity contribution in [2.45, 2.75) is 6.92 Å². The highest BCUT2D eigenvalue weighted by Gasteiger charge is 2.18. The van der Waals surface area contributed by atoms with Gasteiger partial charge in [-0.15, -0.1) is 0 Å². The molecular weight excluding hydrogens is 315 g/mol. The van der Waals surface area contributed by atoms with Crippen molar-refractivity contribution in [2.75, 3.05) is 11.1 Å². The molecule has 2 heterocycles. The molecule has 0 unspecified atom stereocenters. The van der Waals surface area contributed by atoms with Crippen LogP contribution in [0.1, 0.15) is 20.9 Å². The Morgan fingerprint density at radius 1 is 1.22 bits per heavy atom. The van der Waals surface area contributed by atoms with Crippen LogP contribution in [0.3, 0.4) is 0 Å². The van der Waals surface area contributed by atoms with Gasteiger partial charge in [0.15, 0.2) is 5.13 Å². The molecule has 0 spiro atoms. The van der Waals surface area contributed by atoms with E-state index in [-0.39, 0.29) is 17.4 Å². The van der Waals surface area contributed by atoms with Crippen molar-refractivity contribution in [2.24, 2.45) is 0 Å². The molecule has 3 rings (SSSR count). The summed E-state index contributed by atoms with van der Waals surface area (Å²) in [6.07, 6.45) is 1.52. The Bertz CT molecular complexity index is 844. The number of hydrogen-bond donors (Lipinski definition) is 2. The summed E-state index contributed by atoms with van der Waals surface area (Å²) in [6.45, 7) is 1.85. The van der Waals surface area contributed by atoms with Gasteiger partial charge >= 0.3 is 0 Å². The minimum atomic E-state index is -0.322. The number of thiazole rings is 1. The summed E-state index contributed by atoms with van der Waals surface area (Å²) >= 11 is 1.15. The van der Waals surface area contributed by atoms with Crippen molar-refractivity contribution in [3.63, 3.8) is 0 Å². The molecule has 23 heavy (non-hydrogen) atoms. The van der Waals surface area contributed by atoms with Crippen molar-refractivity contribution >= 4 is 33.8 Å². The lowest BCUT2D eigenvalue weighted by molar-refractivity contribution is 0.104. The van der Waals surface area contributed by atoms with Gasteiger partial charge in [0.2, 0.25) is 5.78 Å². The van der Waals surface area contributed by atoms with Crippen LogP contribution in [-0.4, -0.2) is 15.8 Å². The second kappa shape index (κ2) is 6.13. The molecule has 0 aliphatic rings. The molecule has 0 bridgehead atoms. The van der Waals surface area contributed by atoms with Crippen LogP contribution in [0.2, 0.25) is 0 Å². The van der Waals surface area contributed by atoms with Crippen LogP contribution >= 0.6 is 11.3 Å². The van der Waals surface area contributed by atoms with E-state index in [1.54, 1.807) is 24.3 Å². The third-order valence-corrected chi connectivity index (χ3v) is 4.11. The van der Waals surface area contributed by atoms with Gasteiger partial charge < -0.3 is 11.1 Å². The Morgan fingerprint density at radius 3 is 2.61 bits per heavy atom. The molecule has 0 radical (unpaired) electrons. The number of carbonyl (C=O) groups excluding carboxylic acids is 1. The maximum Gasteiger partial charge on any atom is 0.208 e. The standard InChI is InChI=1S/C16H13FN4OS/c1-9-2-3-10(8-19-9)13(22)14-15(18)21-16(23-14)20-12-6-4-11(17)5-7-12/h2-8H,18H2,1H3,(H,20,21). The number of anilines is 3. The van der Waals surface area contributed by atoms with Gasteiger partial charge in [-0.2, -0.15) is 0 Å². The van der Waals surface area contributed by atoms with Crippen LogP contribution in [0.25, 0.3) is 0 Å². The number of ketones is 1. The molecule has 0 saturated heterocycles. The van der Waals surface area contributed by atoms with E-state index in [1.165, 1.54) is 18.3 Å². The average molecular weight is 328 g/mol. The highest BCUT2D eigenvalue weighted by atomic mass is 32.1. The third-order valence-electron chi connectivity index (χ3n) is 3.13. The smallest absolute Gasteiger partial charge is 0.208 e. The Morgan fingerprint density at radius 2 is 1.96 bits per heavy atom. The maximum absolute atomic E-state index is 12.9. The molecule has 0 fully saturated rings. The topological polar surface area (TPSA) is 80.9 Å². The minimum Gasteiger partial charge on any atom is -0.382 e. The zero-order valence-electron chi connectivity index (χ0n) is 12.2. The monoisotopic (exact) mass is 328 g/mol. The molecule has 116 valence electrons. The van der Waals surface area contributed by atoms with Crippen molar-refractivity contribution in [3.05, 3.63) is 64.5 Å². The molecule has 7 heteroatoms. The fraction of sp³-hybridized carbons (Fsp3) is 0.0625. The zero-order valence-corrected chi connectivity index (χ0v) is 13.0. The van der Waals surface area contributed by atoms with E-state index in [2.05, 4.69) is 15.3 Å². The maximum atomic E-state index is 12.9. The van der Waals surface area contributed by atoms with E-state index in [1.807, 2.05) is 6.92 Å². The largest absolute Gasteiger partial charge is 0.382 e. The van der Waals surface area contributed by atoms with Crippen molar-refractivity contribution in [3.8, 4) is 0 Å². The van der Waals surface area contributed by atoms with Gasteiger partial charge in [0.25, 0.3) is 0 Å². The number of benzene rings is 1. The quantitative estimate of drug-likeness (QED) is 0.716. The van der Waals surface area contributed by atoms with E-state index >= 15 is 0 Å². The van der Waals surface area contributed by atoms with Gasteiger partial charge in [0, 0.05) is 23.1 Å². The van der Waals surface area contributed by atoms with Crippen molar-refractivity contribution in [1.82, 2.24) is 9.97 Å². The van der Waals surface area contributed by atoms with E-state index in [9.17, 15) is 9.18 Å². The van der Waals surface area contributed by atoms with Gasteiger partial charge in [-0.05, 0) is 43.3 Å². The zero-order chi connectivity index (χ0) is 16.4. The lowest BCUT2D eigenvalue weighted by atomic mass is 10.1. The summed E-state index contributed by atoms with van der Waals surface area (Å²) in [5.41, 5.74) is 7.80. The summed E-state index contributed by atoms with van der Waals surface area (Å²) < 4.78 is 12.9. The second-order valence-electron chi connectivity index (χ2n) is 4.88. The van der Waals surface area contributed by atoms with E-state index in [0.29, 0.717) is 21.3 Å². The first-order valence-electron chi connectivity index (χ1n) is 6.79. The third kappa shape index (κ3) is 3.35. The molecule has 0 amide bonds. The fourth-order valence-corrected chi connectivity index (χ4v) is 2.80. The number of nitrogen functional groups attached to an aromatic ring is 1. The van der Waals surface area contributed by atoms with Gasteiger partial charge in [0.05, 0.1) is 0 Å². The second-order valence-corrected chi connectivity index (χ2v) is 5.88. The fourth-order valence-electron chi connectivity index (χ4n) is 1.94. The number of hydrogen-bond acceptors (Lipinski definition) is 6. The lowest BCUT2D eigenvalue weighted by Gasteiger charge is -2.01. The van der Waals surface area contributed by atoms with Crippen LogP contribution in [-0.2, 0) is 0 Å². The number of aryl methyl sites for hydroxylation is 1. The molecule has 1 aromatic carbocycles. The van der Waals surface area contributed by atoms with E-state index < -0.39 is 0 Å². The molecule has 0 aliphatic carbocycles. The highest BCUT2D eigenvalue weighted by Crippen LogP contribution is 2.29. The predicted octanol–water partition coefficient (Wildman–Crippen LogP) is 3.54. The number of nitrogens with two attached hydrogens (primary N) is 1. The lowest BCUT2D eigenvalue weighted by Crippen LogP contribution is -2.03. The van der Waals surface area contributed by atoms with E-state index in [4.69, 9.17) is 5.73 Å². The van der Waals surface area contributed by atoms with Crippen LogP contribution in [0.4, 0.5) is 21.0 Å². The summed E-state index contributed by atoms with van der Waals surface area (Å²) in [4.78, 5) is 21.1. The average Bonchev–Trinajstić information content (AvgIpc) is 2.90. The molecule has 2 aromatic heterocycles. The van der Waals surface area contributed by atoms with Crippen molar-refractivity contribution < 1.29 is 9.18 Å². The predicted molar refractivity (Wildman–Crippen MR) is 88.6 cm³/mol. The molecule has 5 nitrogen and oxygen atoms in total. The van der Waals surface area contributed by atoms with Crippen LogP contribution in [0.15, 0.2) is 42.6 Å². The number of pyridine rings is 1. The number of rotatable bonds is 4. The first kappa shape index (κ1) is 15.1. The summed E-state index contributed by atoms with van der Waals surface area (Å²) in [7, 11) is 0. The SMILES string of the molecule is Cc1ccc(C(=O)c2sc(Nc3ccc(F)cc3)nc2N)cn1. The van der Waals surface area contributed by atoms with Gasteiger partial charge in [-0.25, -0.2) is 9.37 Å². The molecule has 0 saturated carbocycles. The molecule has 3 N–H and O–H groups in total. The molecular formula is C16H13FN4OS. The van der Waals surface area contributed by atoms with E-state index in [0.717, 1.165) is 17.0 Å². The number of nitrogens with zero attached hydrogens (tertiary/aromatic N) is 2. The van der Waals surface area contributed by atoms with Crippen LogP contribution in [0, 0.1) is 12.7 Å². The minimum absolute atomic E-state index is 0.158. The van der Waals surface area contributed by atoms with Gasteiger partial charge in [-0.3, -0.25) is 9.78 Å². The highest BCUT2D eigenvalue weighted by molar-refractivity contribution is 7.18. The Labute approximate surface area is 136 Å². The summed E-state index contributed by atoms with van der Waals surface area (Å²) in [5, 5.41) is 3.47. The number of aromatic nitrogens is 2. The summed E-state index contributed by atoms with van der Waals surface area (Å²) in [6, 6.07) is 9.31. The Hall–Kier alpha value is -2.80. The van der Waals surface area contributed by atoms with Crippen LogP contribution in [0.5, 0.6) is 0 Å². The first-order valence-corrected chi connectivity index (χ1v) is 7.61. The first-order chi connectivity index (χ1) is 11.0. The number of carbonyl (C=O) groups is 1.